The van der Waals surface area contributed by atoms with Gasteiger partial charge in [0.05, 0.1) is 6.04 Å². The van der Waals surface area contributed by atoms with Crippen LogP contribution >= 0.6 is 22.6 Å². The van der Waals surface area contributed by atoms with Crippen LogP contribution in [0.4, 0.5) is 0 Å². The Labute approximate surface area is 74.8 Å². The van der Waals surface area contributed by atoms with Gasteiger partial charge in [-0.3, -0.25) is 10.6 Å². The van der Waals surface area contributed by atoms with Gasteiger partial charge in [-0.15, -0.1) is 0 Å². The molecular formula is C6H13IN2O. The van der Waals surface area contributed by atoms with Gasteiger partial charge in [-0.25, -0.2) is 5.43 Å². The molecule has 0 aliphatic carbocycles. The zero-order valence-electron chi connectivity index (χ0n) is 6.23. The first kappa shape index (κ1) is 10.3. The smallest absolute Gasteiger partial charge is 0.210 e. The van der Waals surface area contributed by atoms with E-state index in [1.807, 2.05) is 0 Å². The van der Waals surface area contributed by atoms with E-state index in [9.17, 15) is 4.79 Å². The van der Waals surface area contributed by atoms with Crippen molar-refractivity contribution in [2.24, 2.45) is 11.8 Å². The lowest BCUT2D eigenvalue weighted by Crippen LogP contribution is -2.40. The number of halogens is 1. The molecule has 0 unspecified atom stereocenters. The summed E-state index contributed by atoms with van der Waals surface area (Å²) in [5.41, 5.74) is 2.48. The molecule has 0 fully saturated rings. The van der Waals surface area contributed by atoms with Gasteiger partial charge >= 0.3 is 0 Å². The van der Waals surface area contributed by atoms with E-state index in [0.717, 1.165) is 6.42 Å². The van der Waals surface area contributed by atoms with Crippen molar-refractivity contribution in [1.82, 2.24) is 5.43 Å². The highest BCUT2D eigenvalue weighted by atomic mass is 127. The normalized spacial score (nSPS) is 13.7. The molecule has 0 spiro atoms. The minimum atomic E-state index is -0.180. The van der Waals surface area contributed by atoms with Gasteiger partial charge in [0, 0.05) is 22.6 Å². The van der Waals surface area contributed by atoms with Crippen molar-refractivity contribution in [2.45, 2.75) is 26.3 Å². The van der Waals surface area contributed by atoms with E-state index in [-0.39, 0.29) is 9.83 Å². The molecule has 0 heterocycles. The zero-order valence-corrected chi connectivity index (χ0v) is 8.38. The van der Waals surface area contributed by atoms with E-state index in [1.165, 1.54) is 0 Å². The van der Waals surface area contributed by atoms with Crippen LogP contribution in [0, 0.1) is 5.92 Å². The second-order valence-corrected chi connectivity index (χ2v) is 3.72. The molecule has 0 bridgehead atoms. The number of nitrogens with two attached hydrogens (primary N) is 1. The third-order valence-electron chi connectivity index (χ3n) is 1.18. The first-order valence-electron chi connectivity index (χ1n) is 3.23. The zero-order chi connectivity index (χ0) is 8.15. The first-order chi connectivity index (χ1) is 4.57. The fourth-order valence-electron chi connectivity index (χ4n) is 0.698. The van der Waals surface area contributed by atoms with Crippen LogP contribution in [0.2, 0.25) is 0 Å². The summed E-state index contributed by atoms with van der Waals surface area (Å²) >= 11 is 1.76. The van der Waals surface area contributed by atoms with Gasteiger partial charge in [0.25, 0.3) is 0 Å². The van der Waals surface area contributed by atoms with E-state index in [4.69, 9.17) is 5.84 Å². The standard InChI is InChI=1S/C6H13IN2O/c1-4(2)3-5(9-8)6(7)10/h4-5,9H,3,8H2,1-2H3/t5-/m0/s1. The molecule has 0 saturated heterocycles. The highest BCUT2D eigenvalue weighted by Gasteiger charge is 2.14. The molecule has 4 heteroatoms. The molecule has 0 rings (SSSR count). The maximum absolute atomic E-state index is 10.8. The fraction of sp³-hybridized carbons (Fsp3) is 0.833. The second-order valence-electron chi connectivity index (χ2n) is 2.65. The van der Waals surface area contributed by atoms with Crippen molar-refractivity contribution in [1.29, 1.82) is 0 Å². The third kappa shape index (κ3) is 4.19. The number of rotatable bonds is 4. The lowest BCUT2D eigenvalue weighted by molar-refractivity contribution is -0.111. The Hall–Kier alpha value is 0.320. The Bertz CT molecular complexity index is 116. The Morgan fingerprint density at radius 3 is 2.30 bits per heavy atom. The largest absolute Gasteiger partial charge is 0.286 e. The summed E-state index contributed by atoms with van der Waals surface area (Å²) in [5, 5.41) is 0. The summed E-state index contributed by atoms with van der Waals surface area (Å²) in [7, 11) is 0. The molecule has 3 nitrogen and oxygen atoms in total. The number of carbonyl (C=O) groups is 1. The van der Waals surface area contributed by atoms with Crippen LogP contribution in [0.15, 0.2) is 0 Å². The SMILES string of the molecule is CC(C)C[C@H](NN)C(=O)I. The highest BCUT2D eigenvalue weighted by Crippen LogP contribution is 2.07. The van der Waals surface area contributed by atoms with Gasteiger partial charge in [0.2, 0.25) is 3.79 Å². The maximum Gasteiger partial charge on any atom is 0.210 e. The van der Waals surface area contributed by atoms with E-state index in [1.54, 1.807) is 22.6 Å². The Balaban J connectivity index is 3.72. The molecule has 0 amide bonds. The molecule has 0 saturated carbocycles. The van der Waals surface area contributed by atoms with Crippen LogP contribution in [0.25, 0.3) is 0 Å². The van der Waals surface area contributed by atoms with Crippen molar-refractivity contribution in [3.05, 3.63) is 0 Å². The number of hydrogen-bond donors (Lipinski definition) is 2. The molecule has 0 aliphatic rings. The van der Waals surface area contributed by atoms with E-state index in [0.29, 0.717) is 5.92 Å². The van der Waals surface area contributed by atoms with Crippen LogP contribution in [-0.4, -0.2) is 9.83 Å². The summed E-state index contributed by atoms with van der Waals surface area (Å²) in [4.78, 5) is 10.8. The molecule has 0 aromatic rings. The lowest BCUT2D eigenvalue weighted by atomic mass is 10.1. The third-order valence-corrected chi connectivity index (χ3v) is 1.93. The van der Waals surface area contributed by atoms with Crippen LogP contribution < -0.4 is 11.3 Å². The number of nitrogens with one attached hydrogen (secondary N) is 1. The Morgan fingerprint density at radius 1 is 1.70 bits per heavy atom. The average Bonchev–Trinajstić information content (AvgIpc) is 1.81. The first-order valence-corrected chi connectivity index (χ1v) is 4.31. The molecule has 0 aromatic carbocycles. The average molecular weight is 256 g/mol. The van der Waals surface area contributed by atoms with Crippen LogP contribution in [0.3, 0.4) is 0 Å². The van der Waals surface area contributed by atoms with Crippen molar-refractivity contribution < 1.29 is 4.79 Å². The van der Waals surface area contributed by atoms with Gasteiger partial charge in [0.15, 0.2) is 0 Å². The topological polar surface area (TPSA) is 55.1 Å². The van der Waals surface area contributed by atoms with Gasteiger partial charge < -0.3 is 0 Å². The lowest BCUT2D eigenvalue weighted by Gasteiger charge is -2.12. The van der Waals surface area contributed by atoms with Crippen molar-refractivity contribution >= 4 is 26.4 Å². The Kier molecular flexibility index (Phi) is 5.20. The predicted octanol–water partition coefficient (Wildman–Crippen LogP) is 0.826. The highest BCUT2D eigenvalue weighted by molar-refractivity contribution is 14.1. The predicted molar refractivity (Wildman–Crippen MR) is 49.6 cm³/mol. The second kappa shape index (κ2) is 5.03. The van der Waals surface area contributed by atoms with Crippen LogP contribution in [-0.2, 0) is 4.79 Å². The summed E-state index contributed by atoms with van der Waals surface area (Å²) in [5.74, 6) is 5.65. The molecule has 1 atom stereocenters. The summed E-state index contributed by atoms with van der Waals surface area (Å²) in [6, 6.07) is -0.180. The summed E-state index contributed by atoms with van der Waals surface area (Å²) in [6.07, 6.45) is 0.804. The van der Waals surface area contributed by atoms with E-state index in [2.05, 4.69) is 19.3 Å². The minimum Gasteiger partial charge on any atom is -0.286 e. The molecule has 0 aromatic heterocycles. The molecule has 3 N–H and O–H groups in total. The van der Waals surface area contributed by atoms with Crippen LogP contribution in [0.5, 0.6) is 0 Å². The monoisotopic (exact) mass is 256 g/mol. The van der Waals surface area contributed by atoms with Gasteiger partial charge in [-0.1, -0.05) is 13.8 Å². The van der Waals surface area contributed by atoms with Crippen molar-refractivity contribution in [2.75, 3.05) is 0 Å². The number of hydrogen-bond acceptors (Lipinski definition) is 3. The van der Waals surface area contributed by atoms with Gasteiger partial charge in [0.1, 0.15) is 0 Å². The van der Waals surface area contributed by atoms with Gasteiger partial charge in [-0.05, 0) is 12.3 Å². The maximum atomic E-state index is 10.8. The summed E-state index contributed by atoms with van der Waals surface area (Å²) in [6.45, 7) is 4.12. The van der Waals surface area contributed by atoms with E-state index >= 15 is 0 Å². The van der Waals surface area contributed by atoms with Crippen molar-refractivity contribution in [3.8, 4) is 0 Å². The molecule has 60 valence electrons. The van der Waals surface area contributed by atoms with Crippen LogP contribution in [0.1, 0.15) is 20.3 Å². The molecule has 0 radical (unpaired) electrons. The molecule has 10 heavy (non-hydrogen) atoms. The van der Waals surface area contributed by atoms with Crippen molar-refractivity contribution in [3.63, 3.8) is 0 Å². The Morgan fingerprint density at radius 2 is 2.20 bits per heavy atom. The number of carbonyl (C=O) groups excluding carboxylic acids is 1. The minimum absolute atomic E-state index is 0.0776. The fourth-order valence-corrected chi connectivity index (χ4v) is 1.13. The molecule has 0 aliphatic heterocycles. The quantitative estimate of drug-likeness (QED) is 0.339. The van der Waals surface area contributed by atoms with Gasteiger partial charge in [-0.2, -0.15) is 0 Å². The van der Waals surface area contributed by atoms with E-state index < -0.39 is 0 Å². The molecular weight excluding hydrogens is 243 g/mol. The summed E-state index contributed by atoms with van der Waals surface area (Å²) < 4.78 is 0.0776. The number of hydrazine groups is 1.